The van der Waals surface area contributed by atoms with Crippen molar-refractivity contribution in [3.8, 4) is 11.4 Å². The van der Waals surface area contributed by atoms with E-state index >= 15 is 0 Å². The lowest BCUT2D eigenvalue weighted by Gasteiger charge is -2.05. The topological polar surface area (TPSA) is 92.2 Å². The number of aromatic nitrogens is 4. The van der Waals surface area contributed by atoms with Crippen LogP contribution in [-0.2, 0) is 6.54 Å². The van der Waals surface area contributed by atoms with Crippen molar-refractivity contribution in [3.05, 3.63) is 88.5 Å². The van der Waals surface area contributed by atoms with Crippen LogP contribution in [0.3, 0.4) is 0 Å². The number of H-pyrrole nitrogens is 1. The highest BCUT2D eigenvalue weighted by Crippen LogP contribution is 2.14. The van der Waals surface area contributed by atoms with E-state index in [0.717, 1.165) is 5.56 Å². The van der Waals surface area contributed by atoms with Gasteiger partial charge in [0.25, 0.3) is 11.5 Å². The molecular weight excluding hydrogens is 330 g/mol. The Balaban J connectivity index is 1.68. The minimum absolute atomic E-state index is 0.267. The van der Waals surface area contributed by atoms with Crippen LogP contribution in [0, 0.1) is 0 Å². The highest BCUT2D eigenvalue weighted by atomic mass is 16.2. The fourth-order valence-corrected chi connectivity index (χ4v) is 2.67. The van der Waals surface area contributed by atoms with Gasteiger partial charge in [-0.3, -0.25) is 19.7 Å². The summed E-state index contributed by atoms with van der Waals surface area (Å²) in [5.74, 6) is -0.308. The molecule has 7 heteroatoms. The molecule has 1 amide bonds. The molecule has 0 aliphatic heterocycles. The third kappa shape index (κ3) is 2.98. The number of nitrogens with zero attached hydrogens (tertiary/aromatic N) is 3. The van der Waals surface area contributed by atoms with Crippen LogP contribution in [0.1, 0.15) is 15.9 Å². The van der Waals surface area contributed by atoms with Gasteiger partial charge >= 0.3 is 0 Å². The third-order valence-corrected chi connectivity index (χ3v) is 3.97. The summed E-state index contributed by atoms with van der Waals surface area (Å²) in [6.07, 6.45) is 3.11. The van der Waals surface area contributed by atoms with E-state index < -0.39 is 0 Å². The number of amides is 1. The second-order valence-electron chi connectivity index (χ2n) is 5.71. The predicted octanol–water partition coefficient (Wildman–Crippen LogP) is 2.01. The Bertz CT molecular complexity index is 1120. The summed E-state index contributed by atoms with van der Waals surface area (Å²) in [5, 5.41) is 5.62. The van der Waals surface area contributed by atoms with E-state index in [4.69, 9.17) is 0 Å². The first-order chi connectivity index (χ1) is 12.7. The quantitative estimate of drug-likeness (QED) is 0.592. The standard InChI is InChI=1S/C19H15N5O2/c25-17-10-16(15-8-4-5-9-20-15)23-18-14(12-22-24(17)18)19(26)21-11-13-6-2-1-3-7-13/h1-10,12,22H,11H2,(H,21,26). The van der Waals surface area contributed by atoms with Crippen LogP contribution in [0.15, 0.2) is 71.8 Å². The molecule has 3 heterocycles. The lowest BCUT2D eigenvalue weighted by Crippen LogP contribution is -2.23. The van der Waals surface area contributed by atoms with Crippen molar-refractivity contribution in [3.63, 3.8) is 0 Å². The van der Waals surface area contributed by atoms with Crippen molar-refractivity contribution >= 4 is 11.6 Å². The van der Waals surface area contributed by atoms with E-state index in [1.54, 1.807) is 18.3 Å². The Morgan fingerprint density at radius 3 is 2.65 bits per heavy atom. The number of rotatable bonds is 4. The zero-order valence-electron chi connectivity index (χ0n) is 13.7. The summed E-state index contributed by atoms with van der Waals surface area (Å²) >= 11 is 0. The van der Waals surface area contributed by atoms with Crippen molar-refractivity contribution in [1.29, 1.82) is 0 Å². The van der Waals surface area contributed by atoms with Gasteiger partial charge in [-0.1, -0.05) is 36.4 Å². The Morgan fingerprint density at radius 1 is 1.08 bits per heavy atom. The van der Waals surface area contributed by atoms with E-state index in [1.807, 2.05) is 36.4 Å². The van der Waals surface area contributed by atoms with Gasteiger partial charge in [0, 0.05) is 25.0 Å². The van der Waals surface area contributed by atoms with E-state index in [1.165, 1.54) is 16.8 Å². The fraction of sp³-hybridized carbons (Fsp3) is 0.0526. The largest absolute Gasteiger partial charge is 0.348 e. The number of nitrogens with one attached hydrogen (secondary N) is 2. The molecule has 2 N–H and O–H groups in total. The lowest BCUT2D eigenvalue weighted by atomic mass is 10.2. The van der Waals surface area contributed by atoms with Crippen molar-refractivity contribution in [2.45, 2.75) is 6.54 Å². The molecular formula is C19H15N5O2. The Labute approximate surface area is 148 Å². The molecule has 0 saturated heterocycles. The molecule has 3 aromatic heterocycles. The van der Waals surface area contributed by atoms with Gasteiger partial charge < -0.3 is 5.32 Å². The zero-order chi connectivity index (χ0) is 17.9. The second kappa shape index (κ2) is 6.64. The monoisotopic (exact) mass is 345 g/mol. The van der Waals surface area contributed by atoms with Crippen molar-refractivity contribution < 1.29 is 4.79 Å². The first-order valence-electron chi connectivity index (χ1n) is 8.07. The highest BCUT2D eigenvalue weighted by molar-refractivity contribution is 5.99. The number of carbonyl (C=O) groups excluding carboxylic acids is 1. The number of benzene rings is 1. The van der Waals surface area contributed by atoms with Crippen LogP contribution >= 0.6 is 0 Å². The molecule has 0 aliphatic rings. The van der Waals surface area contributed by atoms with Crippen LogP contribution in [0.4, 0.5) is 0 Å². The minimum Gasteiger partial charge on any atom is -0.348 e. The Hall–Kier alpha value is -3.74. The van der Waals surface area contributed by atoms with Gasteiger partial charge in [-0.15, -0.1) is 0 Å². The smallest absolute Gasteiger partial charge is 0.273 e. The average molecular weight is 345 g/mol. The van der Waals surface area contributed by atoms with Crippen LogP contribution in [0.2, 0.25) is 0 Å². The Morgan fingerprint density at radius 2 is 1.88 bits per heavy atom. The van der Waals surface area contributed by atoms with E-state index in [2.05, 4.69) is 20.4 Å². The average Bonchev–Trinajstić information content (AvgIpc) is 3.12. The molecule has 7 nitrogen and oxygen atoms in total. The highest BCUT2D eigenvalue weighted by Gasteiger charge is 2.16. The molecule has 4 rings (SSSR count). The number of hydrogen-bond acceptors (Lipinski definition) is 4. The maximum atomic E-state index is 12.6. The van der Waals surface area contributed by atoms with Gasteiger partial charge in [0.1, 0.15) is 5.56 Å². The number of hydrogen-bond donors (Lipinski definition) is 2. The summed E-state index contributed by atoms with van der Waals surface area (Å²) in [7, 11) is 0. The van der Waals surface area contributed by atoms with Crippen molar-refractivity contribution in [1.82, 2.24) is 24.9 Å². The maximum Gasteiger partial charge on any atom is 0.273 e. The molecule has 0 saturated carbocycles. The molecule has 26 heavy (non-hydrogen) atoms. The van der Waals surface area contributed by atoms with Crippen LogP contribution in [0.5, 0.6) is 0 Å². The zero-order valence-corrected chi connectivity index (χ0v) is 13.7. The summed E-state index contributed by atoms with van der Waals surface area (Å²) in [5.41, 5.74) is 2.24. The van der Waals surface area contributed by atoms with Crippen LogP contribution < -0.4 is 10.9 Å². The number of carbonyl (C=O) groups is 1. The maximum absolute atomic E-state index is 12.6. The molecule has 0 atom stereocenters. The molecule has 0 fully saturated rings. The summed E-state index contributed by atoms with van der Waals surface area (Å²) < 4.78 is 1.24. The summed E-state index contributed by atoms with van der Waals surface area (Å²) in [4.78, 5) is 33.5. The molecule has 1 aromatic carbocycles. The Kier molecular flexibility index (Phi) is 4.03. The fourth-order valence-electron chi connectivity index (χ4n) is 2.67. The van der Waals surface area contributed by atoms with Gasteiger partial charge in [-0.25, -0.2) is 9.50 Å². The van der Waals surface area contributed by atoms with Gasteiger partial charge in [0.2, 0.25) is 0 Å². The SMILES string of the molecule is O=C(NCc1ccccc1)c1c[nH]n2c(=O)cc(-c3ccccn3)nc12. The van der Waals surface area contributed by atoms with Crippen molar-refractivity contribution in [2.75, 3.05) is 0 Å². The summed E-state index contributed by atoms with van der Waals surface area (Å²) in [6, 6.07) is 16.3. The molecule has 128 valence electrons. The predicted molar refractivity (Wildman–Crippen MR) is 96.7 cm³/mol. The molecule has 4 aromatic rings. The van der Waals surface area contributed by atoms with E-state index in [9.17, 15) is 9.59 Å². The first-order valence-corrected chi connectivity index (χ1v) is 8.07. The van der Waals surface area contributed by atoms with Crippen LogP contribution in [-0.4, -0.2) is 25.5 Å². The van der Waals surface area contributed by atoms with Crippen molar-refractivity contribution in [2.24, 2.45) is 0 Å². The van der Waals surface area contributed by atoms with E-state index in [0.29, 0.717) is 23.5 Å². The lowest BCUT2D eigenvalue weighted by molar-refractivity contribution is 0.0952. The minimum atomic E-state index is -0.308. The van der Waals surface area contributed by atoms with Gasteiger partial charge in [-0.05, 0) is 17.7 Å². The normalized spacial score (nSPS) is 10.8. The third-order valence-electron chi connectivity index (χ3n) is 3.97. The van der Waals surface area contributed by atoms with Gasteiger partial charge in [0.15, 0.2) is 5.65 Å². The van der Waals surface area contributed by atoms with Gasteiger partial charge in [0.05, 0.1) is 11.4 Å². The van der Waals surface area contributed by atoms with Crippen LogP contribution in [0.25, 0.3) is 17.0 Å². The van der Waals surface area contributed by atoms with E-state index in [-0.39, 0.29) is 17.1 Å². The molecule has 0 aliphatic carbocycles. The first kappa shape index (κ1) is 15.8. The van der Waals surface area contributed by atoms with Gasteiger partial charge in [-0.2, -0.15) is 0 Å². The molecule has 0 unspecified atom stereocenters. The number of fused-ring (bicyclic) bond motifs is 1. The number of pyridine rings is 1. The second-order valence-corrected chi connectivity index (χ2v) is 5.71. The molecule has 0 spiro atoms. The number of aromatic amines is 1. The molecule has 0 radical (unpaired) electrons. The molecule has 0 bridgehead atoms. The summed E-state index contributed by atoms with van der Waals surface area (Å²) in [6.45, 7) is 0.390.